The third-order valence-corrected chi connectivity index (χ3v) is 4.01. The highest BCUT2D eigenvalue weighted by Gasteiger charge is 2.19. The zero-order valence-electron chi connectivity index (χ0n) is 11.4. The van der Waals surface area contributed by atoms with Crippen molar-refractivity contribution in [2.24, 2.45) is 0 Å². The Morgan fingerprint density at radius 3 is 2.63 bits per heavy atom. The van der Waals surface area contributed by atoms with Gasteiger partial charge in [0, 0.05) is 11.6 Å². The van der Waals surface area contributed by atoms with Crippen LogP contribution in [0.25, 0.3) is 0 Å². The molecular weight excluding hydrogens is 261 g/mol. The lowest BCUT2D eigenvalue weighted by atomic mass is 9.97. The van der Waals surface area contributed by atoms with Crippen molar-refractivity contribution in [2.45, 2.75) is 19.9 Å². The second-order valence-corrected chi connectivity index (χ2v) is 5.13. The summed E-state index contributed by atoms with van der Waals surface area (Å²) in [4.78, 5) is 0. The first-order chi connectivity index (χ1) is 9.17. The van der Waals surface area contributed by atoms with Gasteiger partial charge in [0.05, 0.1) is 13.2 Å². The van der Waals surface area contributed by atoms with E-state index in [0.29, 0.717) is 11.3 Å². The van der Waals surface area contributed by atoms with Crippen LogP contribution in [0.2, 0.25) is 0 Å². The van der Waals surface area contributed by atoms with Crippen molar-refractivity contribution in [2.75, 3.05) is 13.7 Å². The molecule has 0 aliphatic rings. The van der Waals surface area contributed by atoms with Crippen LogP contribution >= 0.6 is 11.3 Å². The summed E-state index contributed by atoms with van der Waals surface area (Å²) in [6, 6.07) is 4.91. The van der Waals surface area contributed by atoms with Gasteiger partial charge in [0.1, 0.15) is 11.6 Å². The summed E-state index contributed by atoms with van der Waals surface area (Å²) in [6.45, 7) is 4.86. The minimum atomic E-state index is -0.240. The van der Waals surface area contributed by atoms with E-state index in [1.54, 1.807) is 30.6 Å². The molecule has 0 bridgehead atoms. The topological polar surface area (TPSA) is 21.3 Å². The molecule has 1 unspecified atom stereocenters. The molecule has 0 amide bonds. The van der Waals surface area contributed by atoms with Crippen molar-refractivity contribution in [3.05, 3.63) is 51.5 Å². The molecule has 0 radical (unpaired) electrons. The molecule has 1 N–H and O–H groups in total. The van der Waals surface area contributed by atoms with E-state index in [9.17, 15) is 4.39 Å². The molecule has 2 nitrogen and oxygen atoms in total. The molecule has 2 rings (SSSR count). The zero-order chi connectivity index (χ0) is 13.8. The van der Waals surface area contributed by atoms with Crippen molar-refractivity contribution in [1.82, 2.24) is 5.32 Å². The molecule has 0 fully saturated rings. The van der Waals surface area contributed by atoms with Crippen LogP contribution in [0.1, 0.15) is 29.7 Å². The van der Waals surface area contributed by atoms with Gasteiger partial charge in [-0.1, -0.05) is 13.0 Å². The maximum Gasteiger partial charge on any atom is 0.132 e. The van der Waals surface area contributed by atoms with Gasteiger partial charge in [0.25, 0.3) is 0 Å². The average Bonchev–Trinajstić information content (AvgIpc) is 2.82. The fraction of sp³-hybridized carbons (Fsp3) is 0.333. The third kappa shape index (κ3) is 2.96. The number of halogens is 1. The van der Waals surface area contributed by atoms with Crippen LogP contribution in [0.4, 0.5) is 4.39 Å². The Balaban J connectivity index is 2.42. The largest absolute Gasteiger partial charge is 0.497 e. The molecule has 0 saturated carbocycles. The van der Waals surface area contributed by atoms with Crippen LogP contribution in [0.3, 0.4) is 0 Å². The Hall–Kier alpha value is -1.39. The Kier molecular flexibility index (Phi) is 4.56. The molecule has 0 spiro atoms. The molecule has 0 saturated heterocycles. The van der Waals surface area contributed by atoms with Crippen molar-refractivity contribution < 1.29 is 9.13 Å². The van der Waals surface area contributed by atoms with Gasteiger partial charge in [0.2, 0.25) is 0 Å². The van der Waals surface area contributed by atoms with Crippen molar-refractivity contribution >= 4 is 11.3 Å². The highest BCUT2D eigenvalue weighted by atomic mass is 32.1. The smallest absolute Gasteiger partial charge is 0.132 e. The lowest BCUT2D eigenvalue weighted by molar-refractivity contribution is 0.410. The first-order valence-corrected chi connectivity index (χ1v) is 7.21. The standard InChI is InChI=1S/C15H18FNOS/c1-4-17-15(13-9-19-8-10(13)2)12-6-5-11(18-3)7-14(12)16/h5-9,15,17H,4H2,1-3H3. The van der Waals surface area contributed by atoms with Crippen molar-refractivity contribution in [3.8, 4) is 5.75 Å². The number of hydrogen-bond donors (Lipinski definition) is 1. The Morgan fingerprint density at radius 1 is 1.32 bits per heavy atom. The van der Waals surface area contributed by atoms with Crippen LogP contribution < -0.4 is 10.1 Å². The van der Waals surface area contributed by atoms with Gasteiger partial charge in [-0.3, -0.25) is 0 Å². The van der Waals surface area contributed by atoms with Crippen molar-refractivity contribution in [3.63, 3.8) is 0 Å². The first-order valence-electron chi connectivity index (χ1n) is 6.26. The number of thiophene rings is 1. The van der Waals surface area contributed by atoms with Gasteiger partial charge in [0.15, 0.2) is 0 Å². The summed E-state index contributed by atoms with van der Waals surface area (Å²) in [5.74, 6) is 0.300. The molecular formula is C15H18FNOS. The van der Waals surface area contributed by atoms with E-state index in [1.165, 1.54) is 11.6 Å². The number of rotatable bonds is 5. The molecule has 2 aromatic rings. The molecule has 0 aliphatic heterocycles. The Labute approximate surface area is 117 Å². The number of methoxy groups -OCH3 is 1. The van der Waals surface area contributed by atoms with Crippen LogP contribution in [0.15, 0.2) is 29.0 Å². The van der Waals surface area contributed by atoms with Gasteiger partial charge < -0.3 is 10.1 Å². The summed E-state index contributed by atoms with van der Waals surface area (Å²) >= 11 is 1.64. The van der Waals surface area contributed by atoms with E-state index in [4.69, 9.17) is 4.74 Å². The van der Waals surface area contributed by atoms with Gasteiger partial charge in [-0.05, 0) is 41.4 Å². The van der Waals surface area contributed by atoms with E-state index in [-0.39, 0.29) is 11.9 Å². The molecule has 19 heavy (non-hydrogen) atoms. The summed E-state index contributed by atoms with van der Waals surface area (Å²) < 4.78 is 19.3. The predicted octanol–water partition coefficient (Wildman–Crippen LogP) is 3.90. The minimum Gasteiger partial charge on any atom is -0.497 e. The second kappa shape index (κ2) is 6.17. The summed E-state index contributed by atoms with van der Waals surface area (Å²) in [5.41, 5.74) is 2.98. The fourth-order valence-corrected chi connectivity index (χ4v) is 3.00. The van der Waals surface area contributed by atoms with Crippen LogP contribution in [0, 0.1) is 12.7 Å². The lowest BCUT2D eigenvalue weighted by Gasteiger charge is -2.19. The number of aryl methyl sites for hydroxylation is 1. The second-order valence-electron chi connectivity index (χ2n) is 4.39. The van der Waals surface area contributed by atoms with E-state index >= 15 is 0 Å². The fourth-order valence-electron chi connectivity index (χ4n) is 2.13. The number of hydrogen-bond acceptors (Lipinski definition) is 3. The Bertz CT molecular complexity index is 553. The van der Waals surface area contributed by atoms with E-state index in [1.807, 2.05) is 6.92 Å². The van der Waals surface area contributed by atoms with Gasteiger partial charge in [-0.25, -0.2) is 4.39 Å². The number of ether oxygens (including phenoxy) is 1. The van der Waals surface area contributed by atoms with Gasteiger partial charge >= 0.3 is 0 Å². The van der Waals surface area contributed by atoms with Gasteiger partial charge in [-0.2, -0.15) is 11.3 Å². The lowest BCUT2D eigenvalue weighted by Crippen LogP contribution is -2.23. The summed E-state index contributed by atoms with van der Waals surface area (Å²) in [6.07, 6.45) is 0. The first kappa shape index (κ1) is 14.0. The summed E-state index contributed by atoms with van der Waals surface area (Å²) in [7, 11) is 1.54. The van der Waals surface area contributed by atoms with E-state index in [0.717, 1.165) is 12.1 Å². The Morgan fingerprint density at radius 2 is 2.11 bits per heavy atom. The molecule has 102 valence electrons. The molecule has 0 aliphatic carbocycles. The maximum atomic E-state index is 14.2. The molecule has 1 aromatic heterocycles. The molecule has 1 atom stereocenters. The van der Waals surface area contributed by atoms with Crippen LogP contribution in [-0.4, -0.2) is 13.7 Å². The zero-order valence-corrected chi connectivity index (χ0v) is 12.2. The summed E-state index contributed by atoms with van der Waals surface area (Å²) in [5, 5.41) is 7.51. The van der Waals surface area contributed by atoms with E-state index in [2.05, 4.69) is 23.0 Å². The normalized spacial score (nSPS) is 12.4. The quantitative estimate of drug-likeness (QED) is 0.896. The maximum absolute atomic E-state index is 14.2. The van der Waals surface area contributed by atoms with Gasteiger partial charge in [-0.15, -0.1) is 0 Å². The molecule has 4 heteroatoms. The van der Waals surface area contributed by atoms with Crippen molar-refractivity contribution in [1.29, 1.82) is 0 Å². The highest BCUT2D eigenvalue weighted by Crippen LogP contribution is 2.30. The third-order valence-electron chi connectivity index (χ3n) is 3.13. The SMILES string of the molecule is CCNC(c1cscc1C)c1ccc(OC)cc1F. The van der Waals surface area contributed by atoms with Crippen LogP contribution in [0.5, 0.6) is 5.75 Å². The predicted molar refractivity (Wildman–Crippen MR) is 77.5 cm³/mol. The molecule has 1 aromatic carbocycles. The highest BCUT2D eigenvalue weighted by molar-refractivity contribution is 7.08. The van der Waals surface area contributed by atoms with E-state index < -0.39 is 0 Å². The minimum absolute atomic E-state index is 0.109. The number of benzene rings is 1. The van der Waals surface area contributed by atoms with Crippen LogP contribution in [-0.2, 0) is 0 Å². The monoisotopic (exact) mass is 279 g/mol. The number of nitrogens with one attached hydrogen (secondary N) is 1. The molecule has 1 heterocycles. The average molecular weight is 279 g/mol.